The average Bonchev–Trinajstić information content (AvgIpc) is 3.07. The van der Waals surface area contributed by atoms with Crippen molar-refractivity contribution in [1.29, 1.82) is 0 Å². The molecule has 9 nitrogen and oxygen atoms in total. The number of nitro groups is 1. The van der Waals surface area contributed by atoms with E-state index in [9.17, 15) is 14.9 Å². The molecule has 1 aromatic heterocycles. The third-order valence-electron chi connectivity index (χ3n) is 3.86. The van der Waals surface area contributed by atoms with Gasteiger partial charge in [0.15, 0.2) is 5.96 Å². The largest absolute Gasteiger partial charge is 0.462 e. The Morgan fingerprint density at radius 1 is 1.43 bits per heavy atom. The van der Waals surface area contributed by atoms with Crippen LogP contribution in [0.2, 0.25) is 0 Å². The summed E-state index contributed by atoms with van der Waals surface area (Å²) >= 11 is 1.27. The van der Waals surface area contributed by atoms with Crippen LogP contribution >= 0.6 is 11.3 Å². The van der Waals surface area contributed by atoms with Crippen LogP contribution in [0.25, 0.3) is 0 Å². The lowest BCUT2D eigenvalue weighted by Crippen LogP contribution is -2.38. The fraction of sp³-hybridized carbons (Fsp3) is 0.389. The first-order chi connectivity index (χ1) is 13.4. The van der Waals surface area contributed by atoms with Crippen LogP contribution in [0.15, 0.2) is 29.3 Å². The topological polar surface area (TPSA) is 119 Å². The van der Waals surface area contributed by atoms with Gasteiger partial charge in [-0.25, -0.2) is 9.78 Å². The van der Waals surface area contributed by atoms with Gasteiger partial charge in [0.1, 0.15) is 9.88 Å². The van der Waals surface area contributed by atoms with Crippen LogP contribution in [0.5, 0.6) is 0 Å². The molecule has 0 aliphatic carbocycles. The van der Waals surface area contributed by atoms with Crippen LogP contribution in [-0.4, -0.2) is 35.5 Å². The summed E-state index contributed by atoms with van der Waals surface area (Å²) in [5, 5.41) is 18.1. The molecule has 0 bridgehead atoms. The maximum atomic E-state index is 12.0. The van der Waals surface area contributed by atoms with Gasteiger partial charge in [-0.2, -0.15) is 0 Å². The number of esters is 1. The lowest BCUT2D eigenvalue weighted by Gasteiger charge is -2.16. The van der Waals surface area contributed by atoms with Gasteiger partial charge in [0.05, 0.1) is 23.3 Å². The van der Waals surface area contributed by atoms with Crippen molar-refractivity contribution in [2.75, 3.05) is 13.7 Å². The number of aromatic nitrogens is 1. The molecular weight excluding hydrogens is 382 g/mol. The van der Waals surface area contributed by atoms with Gasteiger partial charge >= 0.3 is 5.97 Å². The number of para-hydroxylation sites is 1. The van der Waals surface area contributed by atoms with E-state index in [4.69, 9.17) is 4.74 Å². The second-order valence-corrected chi connectivity index (χ2v) is 6.90. The van der Waals surface area contributed by atoms with Crippen molar-refractivity contribution in [3.63, 3.8) is 0 Å². The van der Waals surface area contributed by atoms with Crippen molar-refractivity contribution in [3.05, 3.63) is 55.5 Å². The zero-order valence-electron chi connectivity index (χ0n) is 16.2. The number of ether oxygens (including phenoxy) is 1. The molecule has 1 heterocycles. The molecule has 0 saturated carbocycles. The Labute approximate surface area is 167 Å². The zero-order chi connectivity index (χ0) is 20.7. The van der Waals surface area contributed by atoms with Crippen molar-refractivity contribution in [2.24, 2.45) is 4.99 Å². The van der Waals surface area contributed by atoms with Gasteiger partial charge in [-0.3, -0.25) is 15.1 Å². The number of carbonyl (C=O) groups is 1. The average molecular weight is 405 g/mol. The van der Waals surface area contributed by atoms with E-state index < -0.39 is 4.92 Å². The minimum atomic E-state index is -0.412. The Morgan fingerprint density at radius 3 is 2.79 bits per heavy atom. The predicted molar refractivity (Wildman–Crippen MR) is 108 cm³/mol. The molecule has 2 rings (SSSR count). The number of nitro benzene ring substituents is 1. The number of carbonyl (C=O) groups excluding carboxylic acids is 1. The van der Waals surface area contributed by atoms with Crippen molar-refractivity contribution in [2.45, 2.75) is 33.4 Å². The van der Waals surface area contributed by atoms with E-state index in [-0.39, 0.29) is 24.2 Å². The second-order valence-electron chi connectivity index (χ2n) is 5.86. The van der Waals surface area contributed by atoms with Crippen molar-refractivity contribution in [1.82, 2.24) is 15.6 Å². The molecular formula is C18H23N5O4S. The predicted octanol–water partition coefficient (Wildman–Crippen LogP) is 2.96. The first-order valence-electron chi connectivity index (χ1n) is 8.71. The number of rotatable bonds is 7. The summed E-state index contributed by atoms with van der Waals surface area (Å²) in [6.45, 7) is 5.97. The highest BCUT2D eigenvalue weighted by Crippen LogP contribution is 2.24. The Balaban J connectivity index is 2.04. The molecule has 0 amide bonds. The summed E-state index contributed by atoms with van der Waals surface area (Å²) < 4.78 is 5.04. The standard InChI is InChI=1S/C18H23N5O4S/c1-5-27-17(24)15-11(2)21-16(28-15)12(3)22-18(19-4)20-10-13-8-6-7-9-14(13)23(25)26/h6-9,12H,5,10H2,1-4H3,(H2,19,20,22). The first kappa shape index (κ1) is 21.3. The maximum Gasteiger partial charge on any atom is 0.350 e. The van der Waals surface area contributed by atoms with Crippen LogP contribution in [0.3, 0.4) is 0 Å². The summed E-state index contributed by atoms with van der Waals surface area (Å²) in [5.74, 6) is 0.0889. The molecule has 28 heavy (non-hydrogen) atoms. The van der Waals surface area contributed by atoms with E-state index >= 15 is 0 Å². The Hall–Kier alpha value is -3.01. The van der Waals surface area contributed by atoms with Gasteiger partial charge < -0.3 is 15.4 Å². The van der Waals surface area contributed by atoms with Gasteiger partial charge in [0.25, 0.3) is 5.69 Å². The third-order valence-corrected chi connectivity index (χ3v) is 5.18. The van der Waals surface area contributed by atoms with Crippen molar-refractivity contribution in [3.8, 4) is 0 Å². The van der Waals surface area contributed by atoms with E-state index in [2.05, 4.69) is 20.6 Å². The van der Waals surface area contributed by atoms with Crippen LogP contribution in [-0.2, 0) is 11.3 Å². The molecule has 1 aromatic carbocycles. The number of nitrogens with zero attached hydrogens (tertiary/aromatic N) is 3. The second kappa shape index (κ2) is 9.79. The minimum absolute atomic E-state index is 0.0492. The Bertz CT molecular complexity index is 881. The minimum Gasteiger partial charge on any atom is -0.462 e. The molecule has 0 radical (unpaired) electrons. The molecule has 2 N–H and O–H groups in total. The fourth-order valence-corrected chi connectivity index (χ4v) is 3.43. The molecule has 0 aliphatic heterocycles. The number of nitrogens with one attached hydrogen (secondary N) is 2. The van der Waals surface area contributed by atoms with E-state index in [1.807, 2.05) is 6.92 Å². The molecule has 10 heteroatoms. The lowest BCUT2D eigenvalue weighted by molar-refractivity contribution is -0.385. The molecule has 0 saturated heterocycles. The highest BCUT2D eigenvalue weighted by Gasteiger charge is 2.20. The summed E-state index contributed by atoms with van der Waals surface area (Å²) in [6.07, 6.45) is 0. The number of aryl methyl sites for hydroxylation is 1. The van der Waals surface area contributed by atoms with Crippen molar-refractivity contribution >= 4 is 29.0 Å². The third kappa shape index (κ3) is 5.26. The monoisotopic (exact) mass is 405 g/mol. The molecule has 1 unspecified atom stereocenters. The highest BCUT2D eigenvalue weighted by atomic mass is 32.1. The molecule has 0 spiro atoms. The van der Waals surface area contributed by atoms with Crippen LogP contribution in [0.1, 0.15) is 45.8 Å². The van der Waals surface area contributed by atoms with E-state index in [0.717, 1.165) is 0 Å². The SMILES string of the molecule is CCOC(=O)c1sc(C(C)NC(=NC)NCc2ccccc2[N+](=O)[O-])nc1C. The number of hydrogen-bond donors (Lipinski definition) is 2. The number of guanidine groups is 1. The first-order valence-corrected chi connectivity index (χ1v) is 9.52. The quantitative estimate of drug-likeness (QED) is 0.239. The number of thiazole rings is 1. The summed E-state index contributed by atoms with van der Waals surface area (Å²) in [6, 6.07) is 6.31. The Kier molecular flexibility index (Phi) is 7.44. The van der Waals surface area contributed by atoms with E-state index in [1.165, 1.54) is 17.4 Å². The molecule has 0 aliphatic rings. The van der Waals surface area contributed by atoms with Gasteiger partial charge in [0, 0.05) is 25.2 Å². The zero-order valence-corrected chi connectivity index (χ0v) is 17.0. The molecule has 1 atom stereocenters. The maximum absolute atomic E-state index is 12.0. The summed E-state index contributed by atoms with van der Waals surface area (Å²) in [7, 11) is 1.61. The van der Waals surface area contributed by atoms with Crippen LogP contribution < -0.4 is 10.6 Å². The Morgan fingerprint density at radius 2 is 2.14 bits per heavy atom. The van der Waals surface area contributed by atoms with Gasteiger partial charge in [-0.15, -0.1) is 11.3 Å². The number of hydrogen-bond acceptors (Lipinski definition) is 7. The molecule has 150 valence electrons. The van der Waals surface area contributed by atoms with Gasteiger partial charge in [0.2, 0.25) is 0 Å². The van der Waals surface area contributed by atoms with Gasteiger partial charge in [-0.05, 0) is 20.8 Å². The number of benzene rings is 1. The van der Waals surface area contributed by atoms with Crippen LogP contribution in [0.4, 0.5) is 5.69 Å². The smallest absolute Gasteiger partial charge is 0.350 e. The lowest BCUT2D eigenvalue weighted by atomic mass is 10.2. The molecule has 0 fully saturated rings. The van der Waals surface area contributed by atoms with E-state index in [1.54, 1.807) is 39.1 Å². The number of aliphatic imine (C=N–C) groups is 1. The van der Waals surface area contributed by atoms with Crippen LogP contribution in [0, 0.1) is 17.0 Å². The normalized spacial score (nSPS) is 12.4. The molecule has 2 aromatic rings. The highest BCUT2D eigenvalue weighted by molar-refractivity contribution is 7.13. The van der Waals surface area contributed by atoms with Crippen molar-refractivity contribution < 1.29 is 14.5 Å². The van der Waals surface area contributed by atoms with Gasteiger partial charge in [-0.1, -0.05) is 18.2 Å². The fourth-order valence-electron chi connectivity index (χ4n) is 2.47. The summed E-state index contributed by atoms with van der Waals surface area (Å²) in [4.78, 5) is 31.7. The summed E-state index contributed by atoms with van der Waals surface area (Å²) in [5.41, 5.74) is 1.22. The van der Waals surface area contributed by atoms with E-state index in [0.29, 0.717) is 33.7 Å².